The molecule has 3 heterocycles. The van der Waals surface area contributed by atoms with Gasteiger partial charge in [0.1, 0.15) is 5.82 Å². The van der Waals surface area contributed by atoms with E-state index >= 15 is 0 Å². The van der Waals surface area contributed by atoms with Crippen LogP contribution in [0.25, 0.3) is 11.3 Å². The number of nitrogens with zero attached hydrogens (tertiary/aromatic N) is 2. The highest BCUT2D eigenvalue weighted by Gasteiger charge is 2.49. The van der Waals surface area contributed by atoms with Crippen LogP contribution in [-0.4, -0.2) is 35.9 Å². The number of carbonyl (C=O) groups excluding carboxylic acids is 1. The van der Waals surface area contributed by atoms with Crippen molar-refractivity contribution in [1.29, 1.82) is 0 Å². The van der Waals surface area contributed by atoms with Crippen molar-refractivity contribution in [2.75, 3.05) is 25.9 Å². The second-order valence-corrected chi connectivity index (χ2v) is 8.80. The number of nitrogens with one attached hydrogen (secondary N) is 1. The van der Waals surface area contributed by atoms with Crippen LogP contribution >= 0.6 is 0 Å². The molecule has 1 spiro atoms. The number of likely N-dealkylation sites (N-methyl/N-ethyl adjacent to an activating group) is 1. The van der Waals surface area contributed by atoms with Crippen molar-refractivity contribution in [2.45, 2.75) is 31.1 Å². The lowest BCUT2D eigenvalue weighted by Gasteiger charge is -2.35. The van der Waals surface area contributed by atoms with Crippen molar-refractivity contribution in [3.63, 3.8) is 0 Å². The van der Waals surface area contributed by atoms with Gasteiger partial charge in [-0.3, -0.25) is 9.78 Å². The summed E-state index contributed by atoms with van der Waals surface area (Å²) in [6, 6.07) is 15.8. The molecule has 0 radical (unpaired) electrons. The minimum Gasteiger partial charge on any atom is -0.399 e. The zero-order valence-electron chi connectivity index (χ0n) is 18.6. The summed E-state index contributed by atoms with van der Waals surface area (Å²) in [7, 11) is 1.75. The van der Waals surface area contributed by atoms with E-state index in [2.05, 4.69) is 16.4 Å². The molecule has 1 aromatic heterocycles. The maximum atomic E-state index is 13.7. The highest BCUT2D eigenvalue weighted by Crippen LogP contribution is 2.51. The van der Waals surface area contributed by atoms with Crippen LogP contribution in [0.4, 0.5) is 10.1 Å². The molecule has 1 atom stereocenters. The number of halogens is 1. The third-order valence-electron chi connectivity index (χ3n) is 6.61. The van der Waals surface area contributed by atoms with Crippen LogP contribution in [0.2, 0.25) is 0 Å². The van der Waals surface area contributed by atoms with Crippen LogP contribution in [0.1, 0.15) is 35.6 Å². The third kappa shape index (κ3) is 3.98. The average Bonchev–Trinajstić information content (AvgIpc) is 3.14. The molecule has 1 fully saturated rings. The van der Waals surface area contributed by atoms with Gasteiger partial charge in [0.2, 0.25) is 0 Å². The molecular formula is C26H27FN4O2. The standard InChI is InChI=1S/C26H27FN4O2/c1-31(16-17-5-7-18(27)8-6-17)25(32)24-23-20(22-15-19(28)9-12-30-22)3-2-4-21(23)26(33-24)10-13-29-14-11-26/h2-9,12,15,24,29H,10-11,13-14,16H2,1H3,(H2,28,30)/t24-/m1/s1. The Balaban J connectivity index is 1.55. The lowest BCUT2D eigenvalue weighted by Crippen LogP contribution is -2.41. The van der Waals surface area contributed by atoms with Crippen LogP contribution in [0, 0.1) is 5.82 Å². The highest BCUT2D eigenvalue weighted by atomic mass is 19.1. The lowest BCUT2D eigenvalue weighted by molar-refractivity contribution is -0.157. The number of piperidine rings is 1. The Morgan fingerprint density at radius 3 is 2.70 bits per heavy atom. The summed E-state index contributed by atoms with van der Waals surface area (Å²) in [6.07, 6.45) is 2.51. The Morgan fingerprint density at radius 1 is 1.21 bits per heavy atom. The van der Waals surface area contributed by atoms with Gasteiger partial charge in [0.05, 0.1) is 11.3 Å². The van der Waals surface area contributed by atoms with E-state index in [1.165, 1.54) is 12.1 Å². The zero-order valence-corrected chi connectivity index (χ0v) is 18.6. The van der Waals surface area contributed by atoms with Crippen molar-refractivity contribution in [1.82, 2.24) is 15.2 Å². The van der Waals surface area contributed by atoms with Gasteiger partial charge in [0.15, 0.2) is 6.10 Å². The van der Waals surface area contributed by atoms with Gasteiger partial charge < -0.3 is 20.7 Å². The van der Waals surface area contributed by atoms with Crippen LogP contribution < -0.4 is 11.1 Å². The summed E-state index contributed by atoms with van der Waals surface area (Å²) in [6.45, 7) is 2.01. The summed E-state index contributed by atoms with van der Waals surface area (Å²) < 4.78 is 20.0. The molecule has 1 saturated heterocycles. The monoisotopic (exact) mass is 446 g/mol. The van der Waals surface area contributed by atoms with E-state index in [1.807, 2.05) is 18.2 Å². The molecule has 2 aliphatic heterocycles. The Morgan fingerprint density at radius 2 is 1.97 bits per heavy atom. The summed E-state index contributed by atoms with van der Waals surface area (Å²) in [4.78, 5) is 19.9. The molecule has 7 heteroatoms. The minimum absolute atomic E-state index is 0.132. The molecular weight excluding hydrogens is 419 g/mol. The van der Waals surface area contributed by atoms with Gasteiger partial charge in [-0.15, -0.1) is 0 Å². The van der Waals surface area contributed by atoms with E-state index < -0.39 is 11.7 Å². The number of nitrogens with two attached hydrogens (primary N) is 1. The van der Waals surface area contributed by atoms with Crippen LogP contribution in [-0.2, 0) is 21.7 Å². The number of pyridine rings is 1. The fourth-order valence-corrected chi connectivity index (χ4v) is 4.94. The third-order valence-corrected chi connectivity index (χ3v) is 6.61. The number of anilines is 1. The first-order valence-electron chi connectivity index (χ1n) is 11.2. The fourth-order valence-electron chi connectivity index (χ4n) is 4.94. The summed E-state index contributed by atoms with van der Waals surface area (Å²) >= 11 is 0. The highest BCUT2D eigenvalue weighted by molar-refractivity contribution is 5.87. The van der Waals surface area contributed by atoms with Gasteiger partial charge in [-0.1, -0.05) is 30.3 Å². The fraction of sp³-hybridized carbons (Fsp3) is 0.308. The van der Waals surface area contributed by atoms with Crippen LogP contribution in [0.3, 0.4) is 0 Å². The number of fused-ring (bicyclic) bond motifs is 2. The summed E-state index contributed by atoms with van der Waals surface area (Å²) in [5.41, 5.74) is 10.5. The number of aromatic nitrogens is 1. The first kappa shape index (κ1) is 21.6. The molecule has 6 nitrogen and oxygen atoms in total. The second kappa shape index (κ2) is 8.57. The molecule has 0 aliphatic carbocycles. The molecule has 3 aromatic rings. The molecule has 33 heavy (non-hydrogen) atoms. The number of rotatable bonds is 4. The van der Waals surface area contributed by atoms with Gasteiger partial charge in [-0.05, 0) is 61.3 Å². The van der Waals surface area contributed by atoms with Crippen molar-refractivity contribution >= 4 is 11.6 Å². The predicted octanol–water partition coefficient (Wildman–Crippen LogP) is 3.78. The van der Waals surface area contributed by atoms with Gasteiger partial charge in [-0.2, -0.15) is 0 Å². The molecule has 2 aliphatic rings. The van der Waals surface area contributed by atoms with E-state index in [4.69, 9.17) is 10.5 Å². The number of carbonyl (C=O) groups is 1. The largest absolute Gasteiger partial charge is 0.399 e. The van der Waals surface area contributed by atoms with Gasteiger partial charge in [-0.25, -0.2) is 4.39 Å². The maximum absolute atomic E-state index is 13.7. The van der Waals surface area contributed by atoms with Gasteiger partial charge in [0.25, 0.3) is 5.91 Å². The number of nitrogen functional groups attached to an aromatic ring is 1. The molecule has 3 N–H and O–H groups in total. The number of ether oxygens (including phenoxy) is 1. The zero-order chi connectivity index (χ0) is 23.0. The molecule has 0 bridgehead atoms. The molecule has 0 saturated carbocycles. The number of hydrogen-bond donors (Lipinski definition) is 2. The van der Waals surface area contributed by atoms with Crippen LogP contribution in [0.5, 0.6) is 0 Å². The van der Waals surface area contributed by atoms with Gasteiger partial charge in [0, 0.05) is 36.6 Å². The van der Waals surface area contributed by atoms with E-state index in [0.29, 0.717) is 12.2 Å². The molecule has 170 valence electrons. The smallest absolute Gasteiger partial charge is 0.256 e. The molecule has 0 unspecified atom stereocenters. The molecule has 1 amide bonds. The maximum Gasteiger partial charge on any atom is 0.256 e. The first-order valence-corrected chi connectivity index (χ1v) is 11.2. The van der Waals surface area contributed by atoms with Crippen molar-refractivity contribution in [3.05, 3.63) is 83.3 Å². The minimum atomic E-state index is -0.747. The number of hydrogen-bond acceptors (Lipinski definition) is 5. The normalized spacial score (nSPS) is 18.8. The Bertz CT molecular complexity index is 1180. The number of amides is 1. The van der Waals surface area contributed by atoms with Crippen molar-refractivity contribution in [3.8, 4) is 11.3 Å². The first-order chi connectivity index (χ1) is 16.0. The Labute approximate surface area is 192 Å². The summed E-state index contributed by atoms with van der Waals surface area (Å²) in [5.74, 6) is -0.430. The van der Waals surface area contributed by atoms with Crippen molar-refractivity contribution in [2.24, 2.45) is 0 Å². The van der Waals surface area contributed by atoms with Crippen LogP contribution in [0.15, 0.2) is 60.8 Å². The quantitative estimate of drug-likeness (QED) is 0.638. The van der Waals surface area contributed by atoms with E-state index in [0.717, 1.165) is 53.9 Å². The lowest BCUT2D eigenvalue weighted by atomic mass is 9.82. The second-order valence-electron chi connectivity index (χ2n) is 8.80. The number of benzene rings is 2. The SMILES string of the molecule is CN(Cc1ccc(F)cc1)C(=O)[C@@H]1OC2(CCNCC2)c2cccc(-c3cc(N)ccn3)c21. The van der Waals surface area contributed by atoms with E-state index in [1.54, 1.807) is 36.3 Å². The Hall–Kier alpha value is -3.29. The van der Waals surface area contributed by atoms with Gasteiger partial charge >= 0.3 is 0 Å². The van der Waals surface area contributed by atoms with Crippen molar-refractivity contribution < 1.29 is 13.9 Å². The van der Waals surface area contributed by atoms with E-state index in [-0.39, 0.29) is 11.7 Å². The Kier molecular flexibility index (Phi) is 5.60. The topological polar surface area (TPSA) is 80.5 Å². The summed E-state index contributed by atoms with van der Waals surface area (Å²) in [5, 5.41) is 3.39. The average molecular weight is 447 g/mol. The van der Waals surface area contributed by atoms with E-state index in [9.17, 15) is 9.18 Å². The molecule has 2 aromatic carbocycles. The molecule has 5 rings (SSSR count). The predicted molar refractivity (Wildman–Crippen MR) is 125 cm³/mol.